The predicted molar refractivity (Wildman–Crippen MR) is 68.0 cm³/mol. The Kier molecular flexibility index (Phi) is 3.72. The van der Waals surface area contributed by atoms with E-state index in [0.29, 0.717) is 23.0 Å². The van der Waals surface area contributed by atoms with Crippen molar-refractivity contribution in [3.05, 3.63) is 23.2 Å². The Morgan fingerprint density at radius 3 is 2.89 bits per heavy atom. The maximum absolute atomic E-state index is 12.0. The molecule has 0 atom stereocenters. The molecule has 0 saturated carbocycles. The van der Waals surface area contributed by atoms with Gasteiger partial charge in [0.25, 0.3) is 0 Å². The monoisotopic (exact) mass is 268 g/mol. The van der Waals surface area contributed by atoms with Crippen molar-refractivity contribution in [1.82, 2.24) is 5.32 Å². The van der Waals surface area contributed by atoms with Gasteiger partial charge in [-0.05, 0) is 18.2 Å². The first kappa shape index (κ1) is 12.7. The van der Waals surface area contributed by atoms with Crippen LogP contribution in [0.2, 0.25) is 5.02 Å². The Morgan fingerprint density at radius 2 is 2.17 bits per heavy atom. The van der Waals surface area contributed by atoms with Gasteiger partial charge < -0.3 is 15.0 Å². The van der Waals surface area contributed by atoms with E-state index in [1.165, 1.54) is 12.0 Å². The lowest BCUT2D eigenvalue weighted by Gasteiger charge is -2.22. The number of carbonyl (C=O) groups excluding carboxylic acids is 2. The van der Waals surface area contributed by atoms with E-state index in [9.17, 15) is 9.59 Å². The summed E-state index contributed by atoms with van der Waals surface area (Å²) in [6.07, 6.45) is 0.265. The number of ether oxygens (including phenoxy) is 1. The first-order valence-corrected chi connectivity index (χ1v) is 5.90. The van der Waals surface area contributed by atoms with Crippen LogP contribution in [-0.2, 0) is 9.59 Å². The third kappa shape index (κ3) is 2.56. The van der Waals surface area contributed by atoms with Crippen LogP contribution >= 0.6 is 11.6 Å². The van der Waals surface area contributed by atoms with Gasteiger partial charge in [-0.3, -0.25) is 9.59 Å². The lowest BCUT2D eigenvalue weighted by Crippen LogP contribution is -2.35. The zero-order valence-electron chi connectivity index (χ0n) is 9.90. The first-order valence-electron chi connectivity index (χ1n) is 5.52. The number of nitrogens with zero attached hydrogens (tertiary/aromatic N) is 1. The van der Waals surface area contributed by atoms with Crippen LogP contribution in [0.5, 0.6) is 5.75 Å². The van der Waals surface area contributed by atoms with Gasteiger partial charge in [0.1, 0.15) is 5.75 Å². The fourth-order valence-electron chi connectivity index (χ4n) is 1.82. The third-order valence-corrected chi connectivity index (χ3v) is 2.97. The summed E-state index contributed by atoms with van der Waals surface area (Å²) in [5.74, 6) is 0.246. The molecule has 0 bridgehead atoms. The standard InChI is InChI=1S/C12H13ClN2O3/c1-18-10-3-2-8(13)6-9(10)15-5-4-11(16)14-7-12(15)17/h2-3,6H,4-5,7H2,1H3,(H,14,16). The predicted octanol–water partition coefficient (Wildman–Crippen LogP) is 1.20. The van der Waals surface area contributed by atoms with Gasteiger partial charge in [-0.1, -0.05) is 11.6 Å². The van der Waals surface area contributed by atoms with E-state index in [1.807, 2.05) is 0 Å². The highest BCUT2D eigenvalue weighted by molar-refractivity contribution is 6.31. The van der Waals surface area contributed by atoms with Gasteiger partial charge in [0, 0.05) is 18.0 Å². The average Bonchev–Trinajstić information content (AvgIpc) is 2.52. The van der Waals surface area contributed by atoms with Gasteiger partial charge in [0.2, 0.25) is 11.8 Å². The lowest BCUT2D eigenvalue weighted by molar-refractivity contribution is -0.123. The fraction of sp³-hybridized carbons (Fsp3) is 0.333. The molecule has 1 aromatic rings. The SMILES string of the molecule is COc1ccc(Cl)cc1N1CCC(=O)NCC1=O. The zero-order chi connectivity index (χ0) is 13.1. The summed E-state index contributed by atoms with van der Waals surface area (Å²) in [5.41, 5.74) is 0.589. The highest BCUT2D eigenvalue weighted by Gasteiger charge is 2.23. The highest BCUT2D eigenvalue weighted by atomic mass is 35.5. The van der Waals surface area contributed by atoms with Gasteiger partial charge >= 0.3 is 0 Å². The molecule has 2 amide bonds. The maximum atomic E-state index is 12.0. The number of amides is 2. The van der Waals surface area contributed by atoms with Gasteiger partial charge in [-0.25, -0.2) is 0 Å². The van der Waals surface area contributed by atoms with Crippen LogP contribution in [0.3, 0.4) is 0 Å². The van der Waals surface area contributed by atoms with Crippen molar-refractivity contribution in [2.75, 3.05) is 25.1 Å². The quantitative estimate of drug-likeness (QED) is 0.877. The van der Waals surface area contributed by atoms with Crippen LogP contribution in [0.4, 0.5) is 5.69 Å². The fourth-order valence-corrected chi connectivity index (χ4v) is 1.99. The second-order valence-electron chi connectivity index (χ2n) is 3.89. The molecule has 0 radical (unpaired) electrons. The van der Waals surface area contributed by atoms with Crippen molar-refractivity contribution >= 4 is 29.1 Å². The van der Waals surface area contributed by atoms with Crippen LogP contribution in [-0.4, -0.2) is 32.0 Å². The number of nitrogens with one attached hydrogen (secondary N) is 1. The second-order valence-corrected chi connectivity index (χ2v) is 4.32. The number of benzene rings is 1. The number of halogens is 1. The summed E-state index contributed by atoms with van der Waals surface area (Å²) in [6.45, 7) is 0.315. The topological polar surface area (TPSA) is 58.6 Å². The average molecular weight is 269 g/mol. The molecule has 18 heavy (non-hydrogen) atoms. The van der Waals surface area contributed by atoms with E-state index in [0.717, 1.165) is 0 Å². The van der Waals surface area contributed by atoms with Crippen LogP contribution in [0, 0.1) is 0 Å². The van der Waals surface area contributed by atoms with Crippen LogP contribution in [0.25, 0.3) is 0 Å². The summed E-state index contributed by atoms with van der Waals surface area (Å²) in [6, 6.07) is 5.05. The van der Waals surface area contributed by atoms with E-state index < -0.39 is 0 Å². The number of anilines is 1. The van der Waals surface area contributed by atoms with Crippen molar-refractivity contribution in [1.29, 1.82) is 0 Å². The maximum Gasteiger partial charge on any atom is 0.246 e. The molecule has 1 aliphatic rings. The Bertz CT molecular complexity index is 490. The minimum absolute atomic E-state index is 0.00546. The summed E-state index contributed by atoms with van der Waals surface area (Å²) in [7, 11) is 1.53. The molecule has 0 unspecified atom stereocenters. The smallest absolute Gasteiger partial charge is 0.246 e. The molecule has 1 N–H and O–H groups in total. The number of hydrogen-bond acceptors (Lipinski definition) is 3. The second kappa shape index (κ2) is 5.27. The molecule has 1 aliphatic heterocycles. The zero-order valence-corrected chi connectivity index (χ0v) is 10.7. The van der Waals surface area contributed by atoms with Crippen molar-refractivity contribution in [3.63, 3.8) is 0 Å². The van der Waals surface area contributed by atoms with Gasteiger partial charge in [0.15, 0.2) is 0 Å². The van der Waals surface area contributed by atoms with Crippen molar-refractivity contribution in [2.24, 2.45) is 0 Å². The summed E-state index contributed by atoms with van der Waals surface area (Å²) >= 11 is 5.93. The Morgan fingerprint density at radius 1 is 1.39 bits per heavy atom. The molecule has 1 saturated heterocycles. The normalized spacial score (nSPS) is 16.2. The molecule has 1 fully saturated rings. The molecule has 5 nitrogen and oxygen atoms in total. The summed E-state index contributed by atoms with van der Waals surface area (Å²) < 4.78 is 5.21. The highest BCUT2D eigenvalue weighted by Crippen LogP contribution is 2.31. The number of rotatable bonds is 2. The van der Waals surface area contributed by atoms with E-state index in [-0.39, 0.29) is 24.8 Å². The molecular formula is C12H13ClN2O3. The first-order chi connectivity index (χ1) is 8.61. The third-order valence-electron chi connectivity index (χ3n) is 2.73. The summed E-state index contributed by atoms with van der Waals surface area (Å²) in [4.78, 5) is 24.7. The molecule has 1 aromatic carbocycles. The molecule has 0 aromatic heterocycles. The van der Waals surface area contributed by atoms with E-state index in [1.54, 1.807) is 18.2 Å². The largest absolute Gasteiger partial charge is 0.495 e. The summed E-state index contributed by atoms with van der Waals surface area (Å²) in [5, 5.41) is 3.06. The van der Waals surface area contributed by atoms with Gasteiger partial charge in [-0.15, -0.1) is 0 Å². The van der Waals surface area contributed by atoms with Crippen LogP contribution in [0.1, 0.15) is 6.42 Å². The number of methoxy groups -OCH3 is 1. The van der Waals surface area contributed by atoms with Gasteiger partial charge in [0.05, 0.1) is 19.3 Å². The molecule has 0 aliphatic carbocycles. The minimum atomic E-state index is -0.179. The Hall–Kier alpha value is -1.75. The molecule has 0 spiro atoms. The van der Waals surface area contributed by atoms with Crippen LogP contribution in [0.15, 0.2) is 18.2 Å². The number of carbonyl (C=O) groups is 2. The van der Waals surface area contributed by atoms with Crippen molar-refractivity contribution in [3.8, 4) is 5.75 Å². The van der Waals surface area contributed by atoms with Crippen molar-refractivity contribution < 1.29 is 14.3 Å². The van der Waals surface area contributed by atoms with Crippen molar-refractivity contribution in [2.45, 2.75) is 6.42 Å². The Labute approximate surface area is 110 Å². The lowest BCUT2D eigenvalue weighted by atomic mass is 10.2. The van der Waals surface area contributed by atoms with E-state index >= 15 is 0 Å². The molecule has 2 rings (SSSR count). The molecule has 1 heterocycles. The number of hydrogen-bond donors (Lipinski definition) is 1. The van der Waals surface area contributed by atoms with Crippen LogP contribution < -0.4 is 15.0 Å². The van der Waals surface area contributed by atoms with E-state index in [4.69, 9.17) is 16.3 Å². The van der Waals surface area contributed by atoms with E-state index in [2.05, 4.69) is 5.32 Å². The molecular weight excluding hydrogens is 256 g/mol. The van der Waals surface area contributed by atoms with Gasteiger partial charge in [-0.2, -0.15) is 0 Å². The Balaban J connectivity index is 2.36. The minimum Gasteiger partial charge on any atom is -0.495 e. The molecule has 6 heteroatoms. The molecule has 96 valence electrons.